The molecule has 1 aliphatic heterocycles. The molecular weight excluding hydrogens is 424 g/mol. The summed E-state index contributed by atoms with van der Waals surface area (Å²) >= 11 is 0. The highest BCUT2D eigenvalue weighted by atomic mass is 32.2. The average molecular weight is 449 g/mol. The normalized spacial score (nSPS) is 15.3. The first-order valence-corrected chi connectivity index (χ1v) is 11.0. The van der Waals surface area contributed by atoms with E-state index in [9.17, 15) is 13.2 Å². The first kappa shape index (κ1) is 22.5. The molecule has 1 saturated heterocycles. The van der Waals surface area contributed by atoms with Crippen LogP contribution in [0.15, 0.2) is 64.6 Å². The molecule has 1 heterocycles. The molecule has 0 aliphatic carbocycles. The van der Waals surface area contributed by atoms with E-state index < -0.39 is 22.5 Å². The van der Waals surface area contributed by atoms with E-state index in [4.69, 9.17) is 20.0 Å². The minimum absolute atomic E-state index is 0.00702. The van der Waals surface area contributed by atoms with Crippen LogP contribution < -0.4 is 15.8 Å². The molecule has 0 bridgehead atoms. The van der Waals surface area contributed by atoms with E-state index in [1.54, 1.807) is 24.3 Å². The molecule has 31 heavy (non-hydrogen) atoms. The van der Waals surface area contributed by atoms with E-state index in [0.29, 0.717) is 37.7 Å². The quantitative estimate of drug-likeness (QED) is 0.332. The molecule has 0 aromatic heterocycles. The number of benzene rings is 2. The van der Waals surface area contributed by atoms with Crippen molar-refractivity contribution in [3.63, 3.8) is 0 Å². The van der Waals surface area contributed by atoms with Crippen molar-refractivity contribution >= 4 is 27.5 Å². The monoisotopic (exact) mass is 448 g/mol. The Morgan fingerprint density at radius 1 is 1.10 bits per heavy atom. The van der Waals surface area contributed by atoms with Crippen molar-refractivity contribution in [3.05, 3.63) is 54.6 Å². The van der Waals surface area contributed by atoms with Crippen LogP contribution in [0.5, 0.6) is 5.75 Å². The highest BCUT2D eigenvalue weighted by molar-refractivity contribution is 7.89. The summed E-state index contributed by atoms with van der Waals surface area (Å²) in [5.74, 6) is 0.182. The Kier molecular flexibility index (Phi) is 7.82. The Morgan fingerprint density at radius 3 is 2.58 bits per heavy atom. The van der Waals surface area contributed by atoms with Crippen molar-refractivity contribution in [2.24, 2.45) is 10.9 Å². The number of sulfonamides is 1. The van der Waals surface area contributed by atoms with E-state index in [1.165, 1.54) is 16.4 Å². The zero-order valence-electron chi connectivity index (χ0n) is 16.8. The summed E-state index contributed by atoms with van der Waals surface area (Å²) in [5.41, 5.74) is 6.01. The van der Waals surface area contributed by atoms with Crippen LogP contribution in [-0.4, -0.2) is 64.0 Å². The summed E-state index contributed by atoms with van der Waals surface area (Å²) < 4.78 is 37.4. The van der Waals surface area contributed by atoms with Gasteiger partial charge in [-0.1, -0.05) is 29.4 Å². The van der Waals surface area contributed by atoms with Gasteiger partial charge in [-0.25, -0.2) is 8.42 Å². The van der Waals surface area contributed by atoms with Gasteiger partial charge in [0.15, 0.2) is 12.4 Å². The summed E-state index contributed by atoms with van der Waals surface area (Å²) in [6.45, 7) is 0.903. The van der Waals surface area contributed by atoms with Gasteiger partial charge in [-0.2, -0.15) is 4.31 Å². The number of rotatable bonds is 9. The summed E-state index contributed by atoms with van der Waals surface area (Å²) in [4.78, 5) is 17.1. The fourth-order valence-corrected chi connectivity index (χ4v) is 4.20. The lowest BCUT2D eigenvalue weighted by Gasteiger charge is -2.26. The first-order chi connectivity index (χ1) is 14.9. The zero-order valence-corrected chi connectivity index (χ0v) is 17.6. The fraction of sp³-hybridized carbons (Fsp3) is 0.300. The van der Waals surface area contributed by atoms with E-state index in [2.05, 4.69) is 10.5 Å². The van der Waals surface area contributed by atoms with Crippen molar-refractivity contribution in [2.75, 3.05) is 44.8 Å². The van der Waals surface area contributed by atoms with Crippen molar-refractivity contribution < 1.29 is 27.5 Å². The Hall–Kier alpha value is -3.15. The van der Waals surface area contributed by atoms with Gasteiger partial charge < -0.3 is 25.4 Å². The number of nitrogens with one attached hydrogen (secondary N) is 1. The topological polar surface area (TPSA) is 133 Å². The second-order valence-electron chi connectivity index (χ2n) is 6.55. The summed E-state index contributed by atoms with van der Waals surface area (Å²) in [6, 6.07) is 15.1. The maximum Gasteiger partial charge on any atom is 0.265 e. The Labute approximate surface area is 180 Å². The van der Waals surface area contributed by atoms with Crippen LogP contribution >= 0.6 is 0 Å². The number of oxime groups is 1. The Balaban J connectivity index is 1.49. The zero-order chi connectivity index (χ0) is 22.1. The number of carbonyl (C=O) groups is 1. The largest absolute Gasteiger partial charge is 0.486 e. The van der Waals surface area contributed by atoms with Crippen molar-refractivity contribution in [2.45, 2.75) is 4.90 Å². The number of ether oxygens (including phenoxy) is 2. The number of hydrogen-bond acceptors (Lipinski definition) is 7. The minimum atomic E-state index is -3.66. The van der Waals surface area contributed by atoms with E-state index >= 15 is 0 Å². The van der Waals surface area contributed by atoms with Crippen LogP contribution in [0.4, 0.5) is 5.69 Å². The van der Waals surface area contributed by atoms with Crippen molar-refractivity contribution in [1.82, 2.24) is 4.31 Å². The highest BCUT2D eigenvalue weighted by Crippen LogP contribution is 2.20. The van der Waals surface area contributed by atoms with Gasteiger partial charge in [0.2, 0.25) is 10.0 Å². The van der Waals surface area contributed by atoms with Crippen molar-refractivity contribution in [3.8, 4) is 5.75 Å². The predicted molar refractivity (Wildman–Crippen MR) is 114 cm³/mol. The highest BCUT2D eigenvalue weighted by Gasteiger charge is 2.26. The molecule has 1 fully saturated rings. The van der Waals surface area contributed by atoms with E-state index in [1.807, 2.05) is 18.2 Å². The summed E-state index contributed by atoms with van der Waals surface area (Å²) in [7, 11) is -3.66. The number of nitrogens with zero attached hydrogens (tertiary/aromatic N) is 2. The summed E-state index contributed by atoms with van der Waals surface area (Å²) in [6.07, 6.45) is 0. The molecule has 2 aromatic rings. The molecule has 11 heteroatoms. The molecular formula is C20H24N4O6S. The molecule has 3 rings (SSSR count). The number of para-hydroxylation sites is 1. The van der Waals surface area contributed by atoms with Crippen LogP contribution in [0.2, 0.25) is 0 Å². The molecule has 0 radical (unpaired) electrons. The average Bonchev–Trinajstić information content (AvgIpc) is 2.79. The lowest BCUT2D eigenvalue weighted by molar-refractivity contribution is -0.120. The molecule has 0 atom stereocenters. The molecule has 1 amide bonds. The fourth-order valence-electron chi connectivity index (χ4n) is 2.74. The second-order valence-corrected chi connectivity index (χ2v) is 8.49. The molecule has 1 aliphatic rings. The number of hydrogen-bond donors (Lipinski definition) is 2. The number of carbonyl (C=O) groups excluding carboxylic acids is 1. The smallest absolute Gasteiger partial charge is 0.265 e. The van der Waals surface area contributed by atoms with Crippen LogP contribution in [0.1, 0.15) is 0 Å². The third kappa shape index (κ3) is 6.67. The SMILES string of the molecule is N/C(COc1ccccc1)=N\OCC(=O)Nc1cccc(S(=O)(=O)N2CCOCC2)c1. The van der Waals surface area contributed by atoms with Crippen LogP contribution in [0.3, 0.4) is 0 Å². The van der Waals surface area contributed by atoms with Gasteiger partial charge >= 0.3 is 0 Å². The van der Waals surface area contributed by atoms with Gasteiger partial charge in [-0.3, -0.25) is 4.79 Å². The third-order valence-electron chi connectivity index (χ3n) is 4.23. The van der Waals surface area contributed by atoms with Gasteiger partial charge in [0.05, 0.1) is 18.1 Å². The van der Waals surface area contributed by atoms with Gasteiger partial charge in [-0.15, -0.1) is 0 Å². The lowest BCUT2D eigenvalue weighted by Crippen LogP contribution is -2.40. The molecule has 166 valence electrons. The van der Waals surface area contributed by atoms with Crippen LogP contribution in [-0.2, 0) is 24.4 Å². The van der Waals surface area contributed by atoms with Gasteiger partial charge in [-0.05, 0) is 30.3 Å². The van der Waals surface area contributed by atoms with Gasteiger partial charge in [0.1, 0.15) is 12.4 Å². The molecule has 0 spiro atoms. The molecule has 3 N–H and O–H groups in total. The first-order valence-electron chi connectivity index (χ1n) is 9.55. The molecule has 0 saturated carbocycles. The second kappa shape index (κ2) is 10.8. The summed E-state index contributed by atoms with van der Waals surface area (Å²) in [5, 5.41) is 6.21. The number of morpholine rings is 1. The molecule has 2 aromatic carbocycles. The Bertz CT molecular complexity index is 1010. The molecule has 0 unspecified atom stereocenters. The van der Waals surface area contributed by atoms with Crippen LogP contribution in [0, 0.1) is 0 Å². The van der Waals surface area contributed by atoms with Crippen molar-refractivity contribution in [1.29, 1.82) is 0 Å². The molecule has 10 nitrogen and oxygen atoms in total. The standard InChI is InChI=1S/C20H24N4O6S/c21-19(14-29-17-6-2-1-3-7-17)23-30-15-20(25)22-16-5-4-8-18(13-16)31(26,27)24-9-11-28-12-10-24/h1-8,13H,9-12,14-15H2,(H2,21,23)(H,22,25). The number of anilines is 1. The number of amides is 1. The maximum atomic E-state index is 12.7. The third-order valence-corrected chi connectivity index (χ3v) is 6.13. The minimum Gasteiger partial charge on any atom is -0.486 e. The van der Waals surface area contributed by atoms with E-state index in [0.717, 1.165) is 0 Å². The van der Waals surface area contributed by atoms with Gasteiger partial charge in [0.25, 0.3) is 5.91 Å². The predicted octanol–water partition coefficient (Wildman–Crippen LogP) is 1.01. The van der Waals surface area contributed by atoms with Crippen LogP contribution in [0.25, 0.3) is 0 Å². The van der Waals surface area contributed by atoms with E-state index in [-0.39, 0.29) is 17.3 Å². The maximum absolute atomic E-state index is 12.7. The van der Waals surface area contributed by atoms with Gasteiger partial charge in [0, 0.05) is 18.8 Å². The Morgan fingerprint density at radius 2 is 1.84 bits per heavy atom. The number of amidine groups is 1. The number of nitrogens with two attached hydrogens (primary N) is 1. The lowest BCUT2D eigenvalue weighted by atomic mass is 10.3.